The number of para-hydroxylation sites is 1. The third kappa shape index (κ3) is 2.88. The lowest BCUT2D eigenvalue weighted by molar-refractivity contribution is -0.123. The Morgan fingerprint density at radius 2 is 2.05 bits per heavy atom. The minimum Gasteiger partial charge on any atom is -0.452 e. The number of carbonyl (C=O) groups is 2. The van der Waals surface area contributed by atoms with Crippen molar-refractivity contribution in [2.45, 2.75) is 6.92 Å². The molecule has 5 heteroatoms. The van der Waals surface area contributed by atoms with Gasteiger partial charge in [-0.1, -0.05) is 18.2 Å². The van der Waals surface area contributed by atoms with Gasteiger partial charge in [-0.25, -0.2) is 4.79 Å². The van der Waals surface area contributed by atoms with Crippen LogP contribution in [0.2, 0.25) is 0 Å². The number of hydrogen-bond donors (Lipinski definition) is 1. The van der Waals surface area contributed by atoms with Gasteiger partial charge in [0.05, 0.1) is 11.1 Å². The molecule has 5 nitrogen and oxygen atoms in total. The van der Waals surface area contributed by atoms with Gasteiger partial charge in [0.25, 0.3) is 5.91 Å². The second-order valence-electron chi connectivity index (χ2n) is 4.08. The Kier molecular flexibility index (Phi) is 3.75. The summed E-state index contributed by atoms with van der Waals surface area (Å²) < 4.78 is 4.97. The zero-order valence-corrected chi connectivity index (χ0v) is 10.8. The van der Waals surface area contributed by atoms with E-state index < -0.39 is 5.97 Å². The molecule has 0 aliphatic carbocycles. The molecule has 0 aliphatic heterocycles. The van der Waals surface area contributed by atoms with E-state index in [4.69, 9.17) is 4.74 Å². The monoisotopic (exact) mass is 258 g/mol. The molecule has 98 valence electrons. The molecule has 2 aromatic rings. The van der Waals surface area contributed by atoms with E-state index in [9.17, 15) is 9.59 Å². The van der Waals surface area contributed by atoms with Crippen LogP contribution in [-0.4, -0.2) is 30.5 Å². The lowest BCUT2D eigenvalue weighted by atomic mass is 10.1. The smallest absolute Gasteiger partial charge is 0.339 e. The maximum Gasteiger partial charge on any atom is 0.339 e. The van der Waals surface area contributed by atoms with Crippen LogP contribution in [0.3, 0.4) is 0 Å². The Morgan fingerprint density at radius 3 is 2.79 bits per heavy atom. The minimum atomic E-state index is -0.523. The summed E-state index contributed by atoms with van der Waals surface area (Å²) in [5.74, 6) is -0.867. The van der Waals surface area contributed by atoms with Gasteiger partial charge in [0, 0.05) is 18.1 Å². The van der Waals surface area contributed by atoms with Crippen molar-refractivity contribution in [3.63, 3.8) is 0 Å². The van der Waals surface area contributed by atoms with E-state index in [2.05, 4.69) is 10.3 Å². The standard InChI is InChI=1S/C14H14N2O3/c1-9-7-11(14(18)19-8-13(17)15-2)10-5-3-4-6-12(10)16-9/h3-7H,8H2,1-2H3,(H,15,17). The predicted octanol–water partition coefficient (Wildman–Crippen LogP) is 1.45. The van der Waals surface area contributed by atoms with Gasteiger partial charge in [-0.3, -0.25) is 9.78 Å². The molecule has 0 radical (unpaired) electrons. The van der Waals surface area contributed by atoms with E-state index in [1.807, 2.05) is 25.1 Å². The topological polar surface area (TPSA) is 68.3 Å². The van der Waals surface area contributed by atoms with Crippen LogP contribution in [0.5, 0.6) is 0 Å². The number of amides is 1. The third-order valence-corrected chi connectivity index (χ3v) is 2.68. The van der Waals surface area contributed by atoms with Crippen molar-refractivity contribution >= 4 is 22.8 Å². The average molecular weight is 258 g/mol. The number of aryl methyl sites for hydroxylation is 1. The number of ether oxygens (including phenoxy) is 1. The van der Waals surface area contributed by atoms with E-state index in [0.717, 1.165) is 16.6 Å². The maximum absolute atomic E-state index is 12.0. The number of pyridine rings is 1. The Hall–Kier alpha value is -2.43. The molecule has 1 amide bonds. The summed E-state index contributed by atoms with van der Waals surface area (Å²) in [7, 11) is 1.49. The van der Waals surface area contributed by atoms with Crippen molar-refractivity contribution in [1.82, 2.24) is 10.3 Å². The number of likely N-dealkylation sites (N-methyl/N-ethyl adjacent to an activating group) is 1. The Bertz CT molecular complexity index is 638. The van der Waals surface area contributed by atoms with Crippen molar-refractivity contribution in [2.24, 2.45) is 0 Å². The number of aromatic nitrogens is 1. The number of nitrogens with zero attached hydrogens (tertiary/aromatic N) is 1. The quantitative estimate of drug-likeness (QED) is 0.846. The molecule has 19 heavy (non-hydrogen) atoms. The lowest BCUT2D eigenvalue weighted by Gasteiger charge is -2.07. The molecule has 2 rings (SSSR count). The van der Waals surface area contributed by atoms with Gasteiger partial charge < -0.3 is 10.1 Å². The van der Waals surface area contributed by atoms with Crippen LogP contribution in [0, 0.1) is 6.92 Å². The fourth-order valence-corrected chi connectivity index (χ4v) is 1.76. The van der Waals surface area contributed by atoms with Crippen molar-refractivity contribution in [2.75, 3.05) is 13.7 Å². The van der Waals surface area contributed by atoms with Crippen LogP contribution < -0.4 is 5.32 Å². The fourth-order valence-electron chi connectivity index (χ4n) is 1.76. The van der Waals surface area contributed by atoms with E-state index in [1.54, 1.807) is 12.1 Å². The summed E-state index contributed by atoms with van der Waals surface area (Å²) >= 11 is 0. The highest BCUT2D eigenvalue weighted by Gasteiger charge is 2.14. The number of hydrogen-bond acceptors (Lipinski definition) is 4. The first kappa shape index (κ1) is 13.0. The molecule has 0 atom stereocenters. The van der Waals surface area contributed by atoms with E-state index in [-0.39, 0.29) is 12.5 Å². The van der Waals surface area contributed by atoms with Crippen LogP contribution in [0.25, 0.3) is 10.9 Å². The summed E-state index contributed by atoms with van der Waals surface area (Å²) in [4.78, 5) is 27.4. The largest absolute Gasteiger partial charge is 0.452 e. The molecule has 1 N–H and O–H groups in total. The molecule has 1 aromatic carbocycles. The van der Waals surface area contributed by atoms with Gasteiger partial charge in [0.1, 0.15) is 0 Å². The fraction of sp³-hybridized carbons (Fsp3) is 0.214. The summed E-state index contributed by atoms with van der Waals surface area (Å²) in [5.41, 5.74) is 1.88. The van der Waals surface area contributed by atoms with Crippen LogP contribution in [0.15, 0.2) is 30.3 Å². The van der Waals surface area contributed by atoms with Crippen molar-refractivity contribution in [3.8, 4) is 0 Å². The van der Waals surface area contributed by atoms with Crippen LogP contribution in [-0.2, 0) is 9.53 Å². The van der Waals surface area contributed by atoms with Gasteiger partial charge >= 0.3 is 5.97 Å². The van der Waals surface area contributed by atoms with Gasteiger partial charge in [0.2, 0.25) is 0 Å². The summed E-state index contributed by atoms with van der Waals surface area (Å²) in [6, 6.07) is 8.98. The van der Waals surface area contributed by atoms with Crippen LogP contribution in [0.4, 0.5) is 0 Å². The number of nitrogens with one attached hydrogen (secondary N) is 1. The molecular weight excluding hydrogens is 244 g/mol. The first-order chi connectivity index (χ1) is 9.11. The SMILES string of the molecule is CNC(=O)COC(=O)c1cc(C)nc2ccccc12. The van der Waals surface area contributed by atoms with Crippen molar-refractivity contribution in [3.05, 3.63) is 41.6 Å². The minimum absolute atomic E-state index is 0.287. The Labute approximate surface area is 110 Å². The molecule has 0 saturated carbocycles. The highest BCUT2D eigenvalue weighted by Crippen LogP contribution is 2.18. The highest BCUT2D eigenvalue weighted by molar-refractivity contribution is 6.04. The van der Waals surface area contributed by atoms with Crippen LogP contribution >= 0.6 is 0 Å². The van der Waals surface area contributed by atoms with Gasteiger partial charge in [-0.05, 0) is 19.1 Å². The zero-order chi connectivity index (χ0) is 13.8. The maximum atomic E-state index is 12.0. The molecule has 1 heterocycles. The third-order valence-electron chi connectivity index (χ3n) is 2.68. The molecule has 1 aromatic heterocycles. The first-order valence-electron chi connectivity index (χ1n) is 5.86. The van der Waals surface area contributed by atoms with Crippen LogP contribution in [0.1, 0.15) is 16.1 Å². The predicted molar refractivity (Wildman–Crippen MR) is 70.8 cm³/mol. The molecule has 0 aliphatic rings. The van der Waals surface area contributed by atoms with E-state index in [1.165, 1.54) is 7.05 Å². The number of rotatable bonds is 3. The Morgan fingerprint density at radius 1 is 1.32 bits per heavy atom. The highest BCUT2D eigenvalue weighted by atomic mass is 16.5. The average Bonchev–Trinajstić information content (AvgIpc) is 2.43. The molecule has 0 saturated heterocycles. The number of esters is 1. The summed E-state index contributed by atoms with van der Waals surface area (Å²) in [6.07, 6.45) is 0. The molecular formula is C14H14N2O3. The lowest BCUT2D eigenvalue weighted by Crippen LogP contribution is -2.25. The number of fused-ring (bicyclic) bond motifs is 1. The van der Waals surface area contributed by atoms with Gasteiger partial charge in [-0.15, -0.1) is 0 Å². The van der Waals surface area contributed by atoms with Gasteiger partial charge in [-0.2, -0.15) is 0 Å². The number of carbonyl (C=O) groups excluding carboxylic acids is 2. The number of benzene rings is 1. The van der Waals surface area contributed by atoms with Gasteiger partial charge in [0.15, 0.2) is 6.61 Å². The van der Waals surface area contributed by atoms with E-state index >= 15 is 0 Å². The zero-order valence-electron chi connectivity index (χ0n) is 10.8. The normalized spacial score (nSPS) is 10.2. The molecule has 0 bridgehead atoms. The molecule has 0 fully saturated rings. The van der Waals surface area contributed by atoms with Crippen molar-refractivity contribution < 1.29 is 14.3 Å². The second-order valence-corrected chi connectivity index (χ2v) is 4.08. The second kappa shape index (κ2) is 5.48. The van der Waals surface area contributed by atoms with Crippen molar-refractivity contribution in [1.29, 1.82) is 0 Å². The molecule has 0 spiro atoms. The molecule has 0 unspecified atom stereocenters. The van der Waals surface area contributed by atoms with E-state index in [0.29, 0.717) is 5.56 Å². The Balaban J connectivity index is 2.33. The summed E-state index contributed by atoms with van der Waals surface area (Å²) in [5, 5.41) is 3.11. The summed E-state index contributed by atoms with van der Waals surface area (Å²) in [6.45, 7) is 1.52. The first-order valence-corrected chi connectivity index (χ1v) is 5.86.